The fraction of sp³-hybridized carbons (Fsp3) is 0.261. The summed E-state index contributed by atoms with van der Waals surface area (Å²) in [5.41, 5.74) is 23.0. The predicted molar refractivity (Wildman–Crippen MR) is 132 cm³/mol. The Morgan fingerprint density at radius 2 is 1.61 bits per heavy atom. The van der Waals surface area contributed by atoms with Gasteiger partial charge in [-0.25, -0.2) is 0 Å². The molecular weight excluding hydrogens is 396 g/mol. The quantitative estimate of drug-likeness (QED) is 0.181. The number of carboxylic acid groups (broad SMARTS) is 1. The Morgan fingerprint density at radius 1 is 1.13 bits per heavy atom. The van der Waals surface area contributed by atoms with Crippen LogP contribution in [0.1, 0.15) is 39.3 Å². The number of aromatic hydroxyl groups is 1. The highest BCUT2D eigenvalue weighted by Gasteiger charge is 2.07. The third-order valence-electron chi connectivity index (χ3n) is 2.87. The topological polar surface area (TPSA) is 171 Å². The Morgan fingerprint density at radius 3 is 1.94 bits per heavy atom. The zero-order valence-electron chi connectivity index (χ0n) is 18.0. The predicted octanol–water partition coefficient (Wildman–Crippen LogP) is 3.87. The number of hydrogen-bond acceptors (Lipinski definition) is 7. The Hall–Kier alpha value is -3.49. The number of phenols is 1. The van der Waals surface area contributed by atoms with Crippen LogP contribution in [0.5, 0.6) is 5.75 Å². The molecule has 0 amide bonds. The summed E-state index contributed by atoms with van der Waals surface area (Å²) in [5, 5.41) is 16.5. The van der Waals surface area contributed by atoms with E-state index in [0.29, 0.717) is 23.6 Å². The molecule has 0 saturated heterocycles. The minimum atomic E-state index is -0.250. The van der Waals surface area contributed by atoms with Crippen LogP contribution in [0.15, 0.2) is 67.4 Å². The molecule has 0 bridgehead atoms. The number of nitrogen functional groups attached to an aromatic ring is 1. The van der Waals surface area contributed by atoms with Gasteiger partial charge in [0.05, 0.1) is 5.56 Å². The fourth-order valence-electron chi connectivity index (χ4n) is 1.78. The van der Waals surface area contributed by atoms with Crippen molar-refractivity contribution in [2.75, 3.05) is 12.5 Å². The first kappa shape index (κ1) is 35.0. The third-order valence-corrected chi connectivity index (χ3v) is 2.87. The first-order valence-electron chi connectivity index (χ1n) is 9.18. The van der Waals surface area contributed by atoms with Crippen LogP contribution in [0.25, 0.3) is 5.76 Å². The molecule has 0 heterocycles. The van der Waals surface area contributed by atoms with E-state index in [9.17, 15) is 5.11 Å². The van der Waals surface area contributed by atoms with Gasteiger partial charge in [0.25, 0.3) is 6.47 Å². The lowest BCUT2D eigenvalue weighted by Crippen LogP contribution is -2.04. The van der Waals surface area contributed by atoms with Crippen LogP contribution in [0.2, 0.25) is 0 Å². The maximum absolute atomic E-state index is 9.58. The van der Waals surface area contributed by atoms with Crippen molar-refractivity contribution < 1.29 is 19.7 Å². The van der Waals surface area contributed by atoms with E-state index in [1.54, 1.807) is 25.1 Å². The smallest absolute Gasteiger partial charge is 0.290 e. The Bertz CT molecular complexity index is 687. The van der Waals surface area contributed by atoms with E-state index in [1.807, 2.05) is 44.2 Å². The summed E-state index contributed by atoms with van der Waals surface area (Å²) in [7, 11) is 0. The number of ether oxygens (including phenoxy) is 1. The van der Waals surface area contributed by atoms with Crippen molar-refractivity contribution in [3.8, 4) is 5.75 Å². The van der Waals surface area contributed by atoms with Crippen LogP contribution in [0.3, 0.4) is 0 Å². The summed E-state index contributed by atoms with van der Waals surface area (Å²) in [6, 6.07) is 14.8. The molecule has 8 heteroatoms. The number of hydrogen-bond donors (Lipinski definition) is 6. The highest BCUT2D eigenvalue weighted by molar-refractivity contribution is 5.67. The minimum Gasteiger partial charge on any atom is -0.507 e. The van der Waals surface area contributed by atoms with E-state index < -0.39 is 0 Å². The third kappa shape index (κ3) is 19.6. The Labute approximate surface area is 186 Å². The van der Waals surface area contributed by atoms with E-state index >= 15 is 0 Å². The lowest BCUT2D eigenvalue weighted by molar-refractivity contribution is -0.122. The van der Waals surface area contributed by atoms with Gasteiger partial charge in [0.1, 0.15) is 18.2 Å². The zero-order valence-corrected chi connectivity index (χ0v) is 18.0. The molecular formula is C23H40N4O4. The summed E-state index contributed by atoms with van der Waals surface area (Å²) in [6.45, 7) is 9.41. The van der Waals surface area contributed by atoms with Gasteiger partial charge in [-0.05, 0) is 36.9 Å². The van der Waals surface area contributed by atoms with Crippen LogP contribution in [0.4, 0.5) is 5.69 Å². The molecule has 0 fully saturated rings. The standard InChI is InChI=1S/C10H14N2O2.C7H9N.C2H5N.C2H6.CH2O2.CH4/c1-2-10(14-6-11)8-4-3-7(12)5-9(8)13;8-6-7-4-2-1-3-5-7;1-2-3;1-2;2-1-3;/h2-5,13H,6,11-12H2,1H3;1-5H,6,8H2;2H,1,3H2;1-2H3;1H,(H,2,3);1H4/b10-2-;;;;;. The molecule has 8 nitrogen and oxygen atoms in total. The van der Waals surface area contributed by atoms with E-state index in [2.05, 4.69) is 12.3 Å². The summed E-state index contributed by atoms with van der Waals surface area (Å²) in [5.74, 6) is 0.636. The monoisotopic (exact) mass is 436 g/mol. The summed E-state index contributed by atoms with van der Waals surface area (Å²) < 4.78 is 5.14. The molecule has 0 unspecified atom stereocenters. The van der Waals surface area contributed by atoms with E-state index in [1.165, 1.54) is 17.8 Å². The van der Waals surface area contributed by atoms with Crippen LogP contribution in [0, 0.1) is 0 Å². The summed E-state index contributed by atoms with van der Waals surface area (Å²) in [6.07, 6.45) is 2.98. The molecule has 2 aromatic carbocycles. The molecule has 31 heavy (non-hydrogen) atoms. The molecule has 0 aliphatic heterocycles. The van der Waals surface area contributed by atoms with Gasteiger partial charge in [0, 0.05) is 18.3 Å². The van der Waals surface area contributed by atoms with Gasteiger partial charge in [0.15, 0.2) is 0 Å². The Kier molecular flexibility index (Phi) is 29.9. The maximum atomic E-state index is 9.58. The second-order valence-electron chi connectivity index (χ2n) is 4.77. The number of nitrogens with two attached hydrogens (primary N) is 4. The summed E-state index contributed by atoms with van der Waals surface area (Å²) >= 11 is 0. The van der Waals surface area contributed by atoms with Gasteiger partial charge in [-0.1, -0.05) is 58.2 Å². The highest BCUT2D eigenvalue weighted by atomic mass is 16.5. The van der Waals surface area contributed by atoms with Gasteiger partial charge >= 0.3 is 0 Å². The molecule has 2 rings (SSSR count). The van der Waals surface area contributed by atoms with Crippen LogP contribution in [-0.4, -0.2) is 23.4 Å². The number of allylic oxidation sites excluding steroid dienone is 1. The van der Waals surface area contributed by atoms with Crippen molar-refractivity contribution in [3.63, 3.8) is 0 Å². The number of benzene rings is 2. The lowest BCUT2D eigenvalue weighted by Gasteiger charge is -2.10. The molecule has 0 atom stereocenters. The van der Waals surface area contributed by atoms with Crippen LogP contribution < -0.4 is 22.9 Å². The van der Waals surface area contributed by atoms with E-state index in [4.69, 9.17) is 31.8 Å². The van der Waals surface area contributed by atoms with Gasteiger partial charge in [0.2, 0.25) is 0 Å². The molecule has 2 aromatic rings. The molecule has 176 valence electrons. The average molecular weight is 437 g/mol. The Balaban J connectivity index is -0.000000182. The van der Waals surface area contributed by atoms with E-state index in [0.717, 1.165) is 0 Å². The minimum absolute atomic E-state index is 0. The van der Waals surface area contributed by atoms with Crippen molar-refractivity contribution in [3.05, 3.63) is 78.5 Å². The molecule has 0 radical (unpaired) electrons. The van der Waals surface area contributed by atoms with Crippen molar-refractivity contribution in [1.29, 1.82) is 0 Å². The van der Waals surface area contributed by atoms with Crippen molar-refractivity contribution >= 4 is 17.9 Å². The van der Waals surface area contributed by atoms with Crippen molar-refractivity contribution in [2.24, 2.45) is 17.2 Å². The molecule has 0 spiro atoms. The number of phenolic OH excluding ortho intramolecular Hbond substituents is 1. The SMILES string of the molecule is C.C/C=C(\OCN)c1ccc(N)cc1O.C=CN.CC.NCc1ccccc1.O=CO. The molecule has 10 N–H and O–H groups in total. The van der Waals surface area contributed by atoms with Gasteiger partial charge in [-0.3, -0.25) is 10.5 Å². The first-order valence-corrected chi connectivity index (χ1v) is 9.18. The second-order valence-corrected chi connectivity index (χ2v) is 4.77. The average Bonchev–Trinajstić information content (AvgIpc) is 2.76. The van der Waals surface area contributed by atoms with Crippen LogP contribution in [-0.2, 0) is 16.1 Å². The van der Waals surface area contributed by atoms with Crippen molar-refractivity contribution in [1.82, 2.24) is 0 Å². The summed E-state index contributed by atoms with van der Waals surface area (Å²) in [4.78, 5) is 8.36. The normalized spacial score (nSPS) is 8.48. The molecule has 0 saturated carbocycles. The molecule has 0 aliphatic carbocycles. The number of anilines is 1. The number of rotatable bonds is 4. The zero-order chi connectivity index (χ0) is 23.8. The number of carbonyl (C=O) groups is 1. The van der Waals surface area contributed by atoms with Crippen LogP contribution >= 0.6 is 0 Å². The van der Waals surface area contributed by atoms with E-state index in [-0.39, 0.29) is 26.4 Å². The van der Waals surface area contributed by atoms with Gasteiger partial charge < -0.3 is 32.2 Å². The van der Waals surface area contributed by atoms with Gasteiger partial charge in [-0.15, -0.1) is 0 Å². The highest BCUT2D eigenvalue weighted by Crippen LogP contribution is 2.27. The maximum Gasteiger partial charge on any atom is 0.290 e. The fourth-order valence-corrected chi connectivity index (χ4v) is 1.78. The molecule has 0 aromatic heterocycles. The largest absolute Gasteiger partial charge is 0.507 e. The molecule has 0 aliphatic rings. The van der Waals surface area contributed by atoms with Gasteiger partial charge in [-0.2, -0.15) is 0 Å². The lowest BCUT2D eigenvalue weighted by atomic mass is 10.1. The van der Waals surface area contributed by atoms with Crippen molar-refractivity contribution in [2.45, 2.75) is 34.7 Å². The first-order chi connectivity index (χ1) is 14.4. The second kappa shape index (κ2) is 26.5.